The molecule has 3 rings (SSSR count). The minimum Gasteiger partial charge on any atom is -0.496 e. The zero-order valence-electron chi connectivity index (χ0n) is 11.3. The Morgan fingerprint density at radius 1 is 1.25 bits per heavy atom. The van der Waals surface area contributed by atoms with Gasteiger partial charge in [-0.1, -0.05) is 12.1 Å². The van der Waals surface area contributed by atoms with E-state index in [0.717, 1.165) is 23.1 Å². The van der Waals surface area contributed by atoms with Gasteiger partial charge in [0.15, 0.2) is 6.29 Å². The van der Waals surface area contributed by atoms with E-state index in [0.29, 0.717) is 17.1 Å². The van der Waals surface area contributed by atoms with Crippen molar-refractivity contribution < 1.29 is 9.53 Å². The summed E-state index contributed by atoms with van der Waals surface area (Å²) < 4.78 is 7.15. The van der Waals surface area contributed by atoms with Crippen molar-refractivity contribution in [1.82, 2.24) is 9.38 Å². The second kappa shape index (κ2) is 4.81. The number of pyridine rings is 1. The van der Waals surface area contributed by atoms with Gasteiger partial charge in [0, 0.05) is 11.8 Å². The molecular weight excluding hydrogens is 252 g/mol. The van der Waals surface area contributed by atoms with Gasteiger partial charge in [-0.3, -0.25) is 9.20 Å². The van der Waals surface area contributed by atoms with Gasteiger partial charge in [0.2, 0.25) is 0 Å². The molecule has 20 heavy (non-hydrogen) atoms. The number of para-hydroxylation sites is 1. The van der Waals surface area contributed by atoms with Gasteiger partial charge < -0.3 is 4.74 Å². The third kappa shape index (κ3) is 1.86. The molecule has 0 fully saturated rings. The summed E-state index contributed by atoms with van der Waals surface area (Å²) in [6.07, 6.45) is 2.69. The lowest BCUT2D eigenvalue weighted by atomic mass is 10.1. The van der Waals surface area contributed by atoms with Crippen molar-refractivity contribution in [3.8, 4) is 17.0 Å². The van der Waals surface area contributed by atoms with E-state index in [9.17, 15) is 4.79 Å². The fourth-order valence-electron chi connectivity index (χ4n) is 2.32. The van der Waals surface area contributed by atoms with Crippen LogP contribution in [-0.4, -0.2) is 22.8 Å². The second-order valence-electron chi connectivity index (χ2n) is 4.60. The molecule has 0 saturated carbocycles. The summed E-state index contributed by atoms with van der Waals surface area (Å²) >= 11 is 0. The Kier molecular flexibility index (Phi) is 2.99. The van der Waals surface area contributed by atoms with E-state index in [1.165, 1.54) is 0 Å². The van der Waals surface area contributed by atoms with Gasteiger partial charge in [0.05, 0.1) is 7.11 Å². The Labute approximate surface area is 116 Å². The monoisotopic (exact) mass is 266 g/mol. The van der Waals surface area contributed by atoms with Crippen LogP contribution in [0.4, 0.5) is 0 Å². The molecule has 4 nitrogen and oxygen atoms in total. The molecule has 1 aromatic carbocycles. The first-order valence-electron chi connectivity index (χ1n) is 6.32. The molecule has 0 unspecified atom stereocenters. The highest BCUT2D eigenvalue weighted by atomic mass is 16.5. The summed E-state index contributed by atoms with van der Waals surface area (Å²) in [5, 5.41) is 0. The number of carbonyl (C=O) groups is 1. The topological polar surface area (TPSA) is 43.6 Å². The predicted molar refractivity (Wildman–Crippen MR) is 77.3 cm³/mol. The van der Waals surface area contributed by atoms with Crippen molar-refractivity contribution in [1.29, 1.82) is 0 Å². The zero-order chi connectivity index (χ0) is 14.1. The summed E-state index contributed by atoms with van der Waals surface area (Å²) in [6.45, 7) is 2.00. The molecular formula is C16H14N2O2. The van der Waals surface area contributed by atoms with Crippen molar-refractivity contribution in [2.45, 2.75) is 6.92 Å². The number of rotatable bonds is 3. The van der Waals surface area contributed by atoms with Gasteiger partial charge >= 0.3 is 0 Å². The molecule has 0 radical (unpaired) electrons. The van der Waals surface area contributed by atoms with Gasteiger partial charge in [0.1, 0.15) is 22.8 Å². The Morgan fingerprint density at radius 3 is 2.80 bits per heavy atom. The molecule has 2 aromatic heterocycles. The maximum Gasteiger partial charge on any atom is 0.169 e. The number of hydrogen-bond donors (Lipinski definition) is 0. The third-order valence-corrected chi connectivity index (χ3v) is 3.29. The van der Waals surface area contributed by atoms with Crippen LogP contribution in [0.1, 0.15) is 16.1 Å². The van der Waals surface area contributed by atoms with Crippen molar-refractivity contribution in [3.05, 3.63) is 53.9 Å². The van der Waals surface area contributed by atoms with Gasteiger partial charge in [-0.05, 0) is 36.8 Å². The number of aromatic nitrogens is 2. The first-order chi connectivity index (χ1) is 9.74. The molecule has 100 valence electrons. The van der Waals surface area contributed by atoms with E-state index < -0.39 is 0 Å². The molecule has 0 atom stereocenters. The van der Waals surface area contributed by atoms with E-state index in [-0.39, 0.29) is 0 Å². The molecule has 0 aliphatic rings. The van der Waals surface area contributed by atoms with Crippen LogP contribution in [0.15, 0.2) is 42.6 Å². The van der Waals surface area contributed by atoms with Crippen LogP contribution in [0, 0.1) is 6.92 Å². The minimum absolute atomic E-state index is 0.532. The van der Waals surface area contributed by atoms with Crippen LogP contribution in [0.5, 0.6) is 5.75 Å². The largest absolute Gasteiger partial charge is 0.496 e. The molecule has 0 spiro atoms. The Hall–Kier alpha value is -2.62. The first-order valence-corrected chi connectivity index (χ1v) is 6.32. The quantitative estimate of drug-likeness (QED) is 0.684. The summed E-state index contributed by atoms with van der Waals surface area (Å²) in [5.41, 5.74) is 3.85. The van der Waals surface area contributed by atoms with E-state index >= 15 is 0 Å². The van der Waals surface area contributed by atoms with Crippen LogP contribution in [-0.2, 0) is 0 Å². The number of fused-ring (bicyclic) bond motifs is 1. The molecule has 0 aliphatic heterocycles. The molecule has 0 aliphatic carbocycles. The highest BCUT2D eigenvalue weighted by Gasteiger charge is 2.16. The number of ether oxygens (including phenoxy) is 1. The summed E-state index contributed by atoms with van der Waals surface area (Å²) in [6, 6.07) is 11.5. The molecule has 0 N–H and O–H groups in total. The average Bonchev–Trinajstić information content (AvgIpc) is 2.84. The first kappa shape index (κ1) is 12.4. The number of nitrogens with zero attached hydrogens (tertiary/aromatic N) is 2. The average molecular weight is 266 g/mol. The summed E-state index contributed by atoms with van der Waals surface area (Å²) in [5.74, 6) is 0.704. The number of carbonyl (C=O) groups excluding carboxylic acids is 1. The SMILES string of the molecule is COc1ccccc1-c1nc2cc(C)ccn2c1C=O. The fourth-order valence-corrected chi connectivity index (χ4v) is 2.32. The van der Waals surface area contributed by atoms with Gasteiger partial charge in [0.25, 0.3) is 0 Å². The van der Waals surface area contributed by atoms with Crippen molar-refractivity contribution >= 4 is 11.9 Å². The van der Waals surface area contributed by atoms with Crippen molar-refractivity contribution in [3.63, 3.8) is 0 Å². The lowest BCUT2D eigenvalue weighted by Gasteiger charge is -2.05. The van der Waals surface area contributed by atoms with E-state index in [1.54, 1.807) is 11.5 Å². The lowest BCUT2D eigenvalue weighted by molar-refractivity contribution is 0.111. The van der Waals surface area contributed by atoms with E-state index in [2.05, 4.69) is 4.98 Å². The number of methoxy groups -OCH3 is 1. The maximum absolute atomic E-state index is 11.5. The van der Waals surface area contributed by atoms with E-state index in [4.69, 9.17) is 4.74 Å². The van der Waals surface area contributed by atoms with Gasteiger partial charge in [-0.25, -0.2) is 4.98 Å². The van der Waals surface area contributed by atoms with Crippen LogP contribution in [0.25, 0.3) is 16.9 Å². The summed E-state index contributed by atoms with van der Waals surface area (Å²) in [4.78, 5) is 16.0. The Morgan fingerprint density at radius 2 is 2.05 bits per heavy atom. The highest BCUT2D eigenvalue weighted by Crippen LogP contribution is 2.31. The van der Waals surface area contributed by atoms with Gasteiger partial charge in [-0.15, -0.1) is 0 Å². The van der Waals surface area contributed by atoms with Crippen LogP contribution in [0.3, 0.4) is 0 Å². The molecule has 0 bridgehead atoms. The normalized spacial score (nSPS) is 10.7. The number of hydrogen-bond acceptors (Lipinski definition) is 3. The lowest BCUT2D eigenvalue weighted by Crippen LogP contribution is -1.94. The molecule has 3 aromatic rings. The van der Waals surface area contributed by atoms with E-state index in [1.807, 2.05) is 49.5 Å². The number of aryl methyl sites for hydroxylation is 1. The highest BCUT2D eigenvalue weighted by molar-refractivity contribution is 5.88. The van der Waals surface area contributed by atoms with Crippen molar-refractivity contribution in [2.24, 2.45) is 0 Å². The molecule has 0 saturated heterocycles. The number of benzene rings is 1. The Balaban J connectivity index is 2.33. The third-order valence-electron chi connectivity index (χ3n) is 3.29. The second-order valence-corrected chi connectivity index (χ2v) is 4.60. The standard InChI is InChI=1S/C16H14N2O2/c1-11-7-8-18-13(10-19)16(17-15(18)9-11)12-5-3-4-6-14(12)20-2/h3-10H,1-2H3. The maximum atomic E-state index is 11.5. The van der Waals surface area contributed by atoms with Crippen LogP contribution in [0.2, 0.25) is 0 Å². The van der Waals surface area contributed by atoms with Gasteiger partial charge in [-0.2, -0.15) is 0 Å². The zero-order valence-corrected chi connectivity index (χ0v) is 11.3. The molecule has 4 heteroatoms. The molecule has 2 heterocycles. The fraction of sp³-hybridized carbons (Fsp3) is 0.125. The Bertz CT molecular complexity index is 790. The number of aldehydes is 1. The minimum atomic E-state index is 0.532. The van der Waals surface area contributed by atoms with Crippen molar-refractivity contribution in [2.75, 3.05) is 7.11 Å². The summed E-state index contributed by atoms with van der Waals surface area (Å²) in [7, 11) is 1.61. The molecule has 0 amide bonds. The number of imidazole rings is 1. The van der Waals surface area contributed by atoms with Crippen LogP contribution < -0.4 is 4.74 Å². The van der Waals surface area contributed by atoms with Crippen LogP contribution >= 0.6 is 0 Å². The smallest absolute Gasteiger partial charge is 0.169 e. The predicted octanol–water partition coefficient (Wildman–Crippen LogP) is 3.13.